The first-order valence-corrected chi connectivity index (χ1v) is 8.36. The zero-order valence-electron chi connectivity index (χ0n) is 14.8. The Morgan fingerprint density at radius 3 is 2.35 bits per heavy atom. The smallest absolute Gasteiger partial charge is 0.248 e. The minimum absolute atomic E-state index is 0.0418. The van der Waals surface area contributed by atoms with Crippen molar-refractivity contribution in [3.8, 4) is 0 Å². The first-order valence-electron chi connectivity index (χ1n) is 8.36. The van der Waals surface area contributed by atoms with E-state index in [1.54, 1.807) is 36.2 Å². The van der Waals surface area contributed by atoms with E-state index in [2.05, 4.69) is 5.32 Å². The first-order chi connectivity index (χ1) is 12.5. The molecule has 0 fully saturated rings. The zero-order valence-corrected chi connectivity index (χ0v) is 14.8. The van der Waals surface area contributed by atoms with Crippen LogP contribution in [0.4, 0.5) is 11.4 Å². The quantitative estimate of drug-likeness (QED) is 0.710. The molecular formula is C22H20N2O2. The SMILES string of the molecule is CC(=O)N(C)c1ccc(NC(=O)/C=C/c2cccc3ccccc23)cc1. The van der Waals surface area contributed by atoms with Crippen LogP contribution in [0.15, 0.2) is 72.8 Å². The van der Waals surface area contributed by atoms with Gasteiger partial charge < -0.3 is 10.2 Å². The fourth-order valence-electron chi connectivity index (χ4n) is 2.70. The lowest BCUT2D eigenvalue weighted by Gasteiger charge is -2.15. The van der Waals surface area contributed by atoms with Crippen LogP contribution in [0.5, 0.6) is 0 Å². The highest BCUT2D eigenvalue weighted by Gasteiger charge is 2.05. The van der Waals surface area contributed by atoms with Gasteiger partial charge in [-0.15, -0.1) is 0 Å². The Hall–Kier alpha value is -3.40. The molecule has 3 aromatic carbocycles. The van der Waals surface area contributed by atoms with Gasteiger partial charge in [-0.05, 0) is 46.7 Å². The van der Waals surface area contributed by atoms with Gasteiger partial charge in [0.15, 0.2) is 0 Å². The number of rotatable bonds is 4. The molecule has 0 saturated heterocycles. The van der Waals surface area contributed by atoms with Gasteiger partial charge in [0.05, 0.1) is 0 Å². The van der Waals surface area contributed by atoms with Crippen molar-refractivity contribution in [1.82, 2.24) is 0 Å². The number of anilines is 2. The van der Waals surface area contributed by atoms with E-state index < -0.39 is 0 Å². The molecule has 3 aromatic rings. The average molecular weight is 344 g/mol. The highest BCUT2D eigenvalue weighted by atomic mass is 16.2. The lowest BCUT2D eigenvalue weighted by molar-refractivity contribution is -0.116. The molecule has 0 unspecified atom stereocenters. The van der Waals surface area contributed by atoms with Gasteiger partial charge in [-0.25, -0.2) is 0 Å². The minimum atomic E-state index is -0.203. The standard InChI is InChI=1S/C22H20N2O2/c1-16(25)24(2)20-13-11-19(12-14-20)23-22(26)15-10-18-8-5-7-17-6-3-4-9-21(17)18/h3-15H,1-2H3,(H,23,26)/b15-10+. The molecule has 0 aromatic heterocycles. The third-order valence-corrected chi connectivity index (χ3v) is 4.23. The van der Waals surface area contributed by atoms with Crippen molar-refractivity contribution in [1.29, 1.82) is 0 Å². The molecule has 0 radical (unpaired) electrons. The maximum absolute atomic E-state index is 12.2. The molecule has 0 heterocycles. The predicted molar refractivity (Wildman–Crippen MR) is 107 cm³/mol. The molecule has 26 heavy (non-hydrogen) atoms. The van der Waals surface area contributed by atoms with Crippen molar-refractivity contribution in [2.75, 3.05) is 17.3 Å². The van der Waals surface area contributed by atoms with Crippen molar-refractivity contribution < 1.29 is 9.59 Å². The average Bonchev–Trinajstić information content (AvgIpc) is 2.66. The molecule has 0 aliphatic carbocycles. The molecular weight excluding hydrogens is 324 g/mol. The van der Waals surface area contributed by atoms with Gasteiger partial charge in [0.25, 0.3) is 0 Å². The summed E-state index contributed by atoms with van der Waals surface area (Å²) >= 11 is 0. The number of carbonyl (C=O) groups excluding carboxylic acids is 2. The molecule has 1 N–H and O–H groups in total. The molecule has 4 heteroatoms. The summed E-state index contributed by atoms with van der Waals surface area (Å²) in [4.78, 5) is 25.1. The van der Waals surface area contributed by atoms with E-state index in [4.69, 9.17) is 0 Å². The molecule has 2 amide bonds. The van der Waals surface area contributed by atoms with Gasteiger partial charge in [-0.2, -0.15) is 0 Å². The van der Waals surface area contributed by atoms with Crippen molar-refractivity contribution in [3.05, 3.63) is 78.4 Å². The van der Waals surface area contributed by atoms with E-state index in [1.165, 1.54) is 13.0 Å². The predicted octanol–water partition coefficient (Wildman–Crippen LogP) is 4.47. The van der Waals surface area contributed by atoms with Crippen LogP contribution in [0, 0.1) is 0 Å². The van der Waals surface area contributed by atoms with E-state index >= 15 is 0 Å². The number of amides is 2. The number of hydrogen-bond acceptors (Lipinski definition) is 2. The Kier molecular flexibility index (Phi) is 5.13. The molecule has 4 nitrogen and oxygen atoms in total. The van der Waals surface area contributed by atoms with Crippen LogP contribution < -0.4 is 10.2 Å². The fourth-order valence-corrected chi connectivity index (χ4v) is 2.70. The van der Waals surface area contributed by atoms with Crippen molar-refractivity contribution >= 4 is 40.0 Å². The molecule has 3 rings (SSSR count). The number of benzene rings is 3. The highest BCUT2D eigenvalue weighted by Crippen LogP contribution is 2.20. The summed E-state index contributed by atoms with van der Waals surface area (Å²) < 4.78 is 0. The summed E-state index contributed by atoms with van der Waals surface area (Å²) in [6, 6.07) is 21.2. The zero-order chi connectivity index (χ0) is 18.5. The van der Waals surface area contributed by atoms with Gasteiger partial charge >= 0.3 is 0 Å². The summed E-state index contributed by atoms with van der Waals surface area (Å²) in [5.41, 5.74) is 2.46. The third-order valence-electron chi connectivity index (χ3n) is 4.23. The van der Waals surface area contributed by atoms with Crippen LogP contribution in [0.3, 0.4) is 0 Å². The lowest BCUT2D eigenvalue weighted by Crippen LogP contribution is -2.22. The molecule has 130 valence electrons. The topological polar surface area (TPSA) is 49.4 Å². The van der Waals surface area contributed by atoms with E-state index in [-0.39, 0.29) is 11.8 Å². The second kappa shape index (κ2) is 7.66. The Morgan fingerprint density at radius 2 is 1.62 bits per heavy atom. The van der Waals surface area contributed by atoms with Crippen molar-refractivity contribution in [2.45, 2.75) is 6.92 Å². The number of carbonyl (C=O) groups is 2. The monoisotopic (exact) mass is 344 g/mol. The molecule has 0 aliphatic rings. The van der Waals surface area contributed by atoms with Crippen molar-refractivity contribution in [3.63, 3.8) is 0 Å². The number of fused-ring (bicyclic) bond motifs is 1. The van der Waals surface area contributed by atoms with Crippen LogP contribution >= 0.6 is 0 Å². The molecule has 0 atom stereocenters. The second-order valence-corrected chi connectivity index (χ2v) is 6.02. The normalized spacial score (nSPS) is 10.8. The first kappa shape index (κ1) is 17.4. The van der Waals surface area contributed by atoms with Crippen LogP contribution in [-0.2, 0) is 9.59 Å². The second-order valence-electron chi connectivity index (χ2n) is 6.02. The third kappa shape index (κ3) is 3.98. The Bertz CT molecular complexity index is 970. The molecule has 0 bridgehead atoms. The van der Waals surface area contributed by atoms with Crippen LogP contribution in [-0.4, -0.2) is 18.9 Å². The van der Waals surface area contributed by atoms with E-state index in [1.807, 2.05) is 48.5 Å². The largest absolute Gasteiger partial charge is 0.323 e. The number of hydrogen-bond donors (Lipinski definition) is 1. The molecule has 0 aliphatic heterocycles. The van der Waals surface area contributed by atoms with Gasteiger partial charge in [0.1, 0.15) is 0 Å². The maximum Gasteiger partial charge on any atom is 0.248 e. The minimum Gasteiger partial charge on any atom is -0.323 e. The summed E-state index contributed by atoms with van der Waals surface area (Å²) in [6.07, 6.45) is 3.34. The molecule has 0 saturated carbocycles. The van der Waals surface area contributed by atoms with E-state index in [0.29, 0.717) is 5.69 Å². The van der Waals surface area contributed by atoms with Crippen LogP contribution in [0.25, 0.3) is 16.8 Å². The fraction of sp³-hybridized carbons (Fsp3) is 0.0909. The van der Waals surface area contributed by atoms with Crippen LogP contribution in [0.1, 0.15) is 12.5 Å². The lowest BCUT2D eigenvalue weighted by atomic mass is 10.0. The Labute approximate surface area is 152 Å². The van der Waals surface area contributed by atoms with Gasteiger partial charge in [-0.1, -0.05) is 42.5 Å². The highest BCUT2D eigenvalue weighted by molar-refractivity contribution is 6.03. The number of nitrogens with one attached hydrogen (secondary N) is 1. The van der Waals surface area contributed by atoms with Gasteiger partial charge in [0, 0.05) is 31.4 Å². The Balaban J connectivity index is 1.70. The van der Waals surface area contributed by atoms with Gasteiger partial charge in [-0.3, -0.25) is 9.59 Å². The van der Waals surface area contributed by atoms with E-state index in [9.17, 15) is 9.59 Å². The van der Waals surface area contributed by atoms with E-state index in [0.717, 1.165) is 22.0 Å². The van der Waals surface area contributed by atoms with Crippen molar-refractivity contribution in [2.24, 2.45) is 0 Å². The summed E-state index contributed by atoms with van der Waals surface area (Å²) in [7, 11) is 1.71. The number of nitrogens with zero attached hydrogens (tertiary/aromatic N) is 1. The maximum atomic E-state index is 12.2. The molecule has 0 spiro atoms. The van der Waals surface area contributed by atoms with Gasteiger partial charge in [0.2, 0.25) is 11.8 Å². The summed E-state index contributed by atoms with van der Waals surface area (Å²) in [5, 5.41) is 5.07. The Morgan fingerprint density at radius 1 is 0.923 bits per heavy atom. The summed E-state index contributed by atoms with van der Waals surface area (Å²) in [6.45, 7) is 1.51. The summed E-state index contributed by atoms with van der Waals surface area (Å²) in [5.74, 6) is -0.245. The van der Waals surface area contributed by atoms with Crippen LogP contribution in [0.2, 0.25) is 0 Å².